The number of hydrogen-bond acceptors (Lipinski definition) is 4. The summed E-state index contributed by atoms with van der Waals surface area (Å²) in [5.74, 6) is 0.772. The van der Waals surface area contributed by atoms with Gasteiger partial charge in [0.05, 0.1) is 17.6 Å². The van der Waals surface area contributed by atoms with Gasteiger partial charge in [0.25, 0.3) is 0 Å². The van der Waals surface area contributed by atoms with Gasteiger partial charge >= 0.3 is 0 Å². The van der Waals surface area contributed by atoms with Crippen LogP contribution in [0, 0.1) is 13.8 Å². The van der Waals surface area contributed by atoms with Crippen molar-refractivity contribution in [2.75, 3.05) is 11.9 Å². The lowest BCUT2D eigenvalue weighted by Gasteiger charge is -2.07. The highest BCUT2D eigenvalue weighted by Gasteiger charge is 2.06. The summed E-state index contributed by atoms with van der Waals surface area (Å²) in [6.07, 6.45) is 6.24. The predicted molar refractivity (Wildman–Crippen MR) is 91.6 cm³/mol. The van der Waals surface area contributed by atoms with Crippen LogP contribution in [-0.4, -0.2) is 27.2 Å². The fraction of sp³-hybridized carbons (Fsp3) is 0.471. The third kappa shape index (κ3) is 5.17. The van der Waals surface area contributed by atoms with Gasteiger partial charge in [-0.25, -0.2) is 9.67 Å². The number of hydrogen-bond donors (Lipinski definition) is 2. The number of rotatable bonds is 8. The summed E-state index contributed by atoms with van der Waals surface area (Å²) in [7, 11) is 0. The van der Waals surface area contributed by atoms with Crippen molar-refractivity contribution < 1.29 is 4.79 Å². The number of pyridine rings is 1. The fourth-order valence-corrected chi connectivity index (χ4v) is 2.45. The molecule has 2 aromatic rings. The van der Waals surface area contributed by atoms with Crippen molar-refractivity contribution in [3.05, 3.63) is 35.8 Å². The fourth-order valence-electron chi connectivity index (χ4n) is 2.45. The molecule has 0 aliphatic heterocycles. The number of aromatic nitrogens is 3. The first kappa shape index (κ1) is 17.1. The summed E-state index contributed by atoms with van der Waals surface area (Å²) in [6, 6.07) is 5.71. The van der Waals surface area contributed by atoms with Crippen molar-refractivity contribution in [2.24, 2.45) is 5.73 Å². The van der Waals surface area contributed by atoms with Gasteiger partial charge in [-0.15, -0.1) is 0 Å². The molecule has 6 nitrogen and oxygen atoms in total. The zero-order valence-electron chi connectivity index (χ0n) is 13.9. The van der Waals surface area contributed by atoms with Crippen LogP contribution in [0.25, 0.3) is 5.82 Å². The number of aryl methyl sites for hydroxylation is 2. The highest BCUT2D eigenvalue weighted by Crippen LogP contribution is 2.13. The average Bonchev–Trinajstić information content (AvgIpc) is 2.86. The standard InChI is InChI=1S/C17H25N5O/c1-13-11-14(2)22(21-13)16-9-8-15(12-19-16)20-17(23)7-5-3-4-6-10-18/h8-9,11-12H,3-7,10,18H2,1-2H3,(H,20,23). The van der Waals surface area contributed by atoms with Crippen molar-refractivity contribution in [2.45, 2.75) is 46.0 Å². The second kappa shape index (κ2) is 8.43. The maximum absolute atomic E-state index is 11.9. The van der Waals surface area contributed by atoms with E-state index in [1.54, 1.807) is 10.9 Å². The summed E-state index contributed by atoms with van der Waals surface area (Å²) in [5, 5.41) is 7.27. The van der Waals surface area contributed by atoms with Gasteiger partial charge in [0.15, 0.2) is 5.82 Å². The van der Waals surface area contributed by atoms with Crippen molar-refractivity contribution in [3.8, 4) is 5.82 Å². The van der Waals surface area contributed by atoms with Crippen molar-refractivity contribution >= 4 is 11.6 Å². The molecule has 2 rings (SSSR count). The Morgan fingerprint density at radius 1 is 1.22 bits per heavy atom. The van der Waals surface area contributed by atoms with Crippen LogP contribution >= 0.6 is 0 Å². The maximum atomic E-state index is 11.9. The van der Waals surface area contributed by atoms with Crippen LogP contribution in [0.2, 0.25) is 0 Å². The minimum atomic E-state index is 0.0263. The molecule has 6 heteroatoms. The molecule has 0 aliphatic carbocycles. The number of amides is 1. The van der Waals surface area contributed by atoms with E-state index in [4.69, 9.17) is 5.73 Å². The van der Waals surface area contributed by atoms with Crippen LogP contribution in [0.1, 0.15) is 43.5 Å². The maximum Gasteiger partial charge on any atom is 0.224 e. The molecule has 0 bridgehead atoms. The number of anilines is 1. The lowest BCUT2D eigenvalue weighted by Crippen LogP contribution is -2.12. The third-order valence-electron chi connectivity index (χ3n) is 3.62. The van der Waals surface area contributed by atoms with E-state index in [2.05, 4.69) is 15.4 Å². The molecule has 0 fully saturated rings. The topological polar surface area (TPSA) is 85.8 Å². The van der Waals surface area contributed by atoms with Gasteiger partial charge < -0.3 is 11.1 Å². The number of carbonyl (C=O) groups is 1. The first-order valence-corrected chi connectivity index (χ1v) is 8.10. The van der Waals surface area contributed by atoms with Crippen molar-refractivity contribution in [1.29, 1.82) is 0 Å². The molecule has 0 saturated carbocycles. The highest BCUT2D eigenvalue weighted by atomic mass is 16.1. The zero-order valence-corrected chi connectivity index (χ0v) is 13.9. The van der Waals surface area contributed by atoms with Crippen LogP contribution in [0.5, 0.6) is 0 Å². The van der Waals surface area contributed by atoms with E-state index in [9.17, 15) is 4.79 Å². The van der Waals surface area contributed by atoms with Crippen molar-refractivity contribution in [3.63, 3.8) is 0 Å². The summed E-state index contributed by atoms with van der Waals surface area (Å²) < 4.78 is 1.79. The molecule has 0 aromatic carbocycles. The predicted octanol–water partition coefficient (Wildman–Crippen LogP) is 2.73. The van der Waals surface area contributed by atoms with Gasteiger partial charge in [0, 0.05) is 12.1 Å². The first-order chi connectivity index (χ1) is 11.1. The van der Waals surface area contributed by atoms with E-state index in [1.165, 1.54) is 0 Å². The van der Waals surface area contributed by atoms with Crippen molar-refractivity contribution in [1.82, 2.24) is 14.8 Å². The van der Waals surface area contributed by atoms with Gasteiger partial charge in [-0.1, -0.05) is 12.8 Å². The van der Waals surface area contributed by atoms with Gasteiger partial charge in [-0.05, 0) is 51.4 Å². The Kier molecular flexibility index (Phi) is 6.29. The molecule has 0 aliphatic rings. The van der Waals surface area contributed by atoms with Crippen LogP contribution in [-0.2, 0) is 4.79 Å². The van der Waals surface area contributed by atoms with Gasteiger partial charge in [-0.2, -0.15) is 5.10 Å². The zero-order chi connectivity index (χ0) is 16.7. The quantitative estimate of drug-likeness (QED) is 0.733. The molecule has 0 saturated heterocycles. The number of nitrogens with zero attached hydrogens (tertiary/aromatic N) is 3. The Bertz CT molecular complexity index is 633. The molecule has 0 radical (unpaired) electrons. The molecule has 0 atom stereocenters. The van der Waals surface area contributed by atoms with E-state index >= 15 is 0 Å². The Morgan fingerprint density at radius 3 is 2.61 bits per heavy atom. The second-order valence-electron chi connectivity index (χ2n) is 5.75. The van der Waals surface area contributed by atoms with E-state index in [0.29, 0.717) is 12.1 Å². The molecular formula is C17H25N5O. The minimum Gasteiger partial charge on any atom is -0.330 e. The van der Waals surface area contributed by atoms with Gasteiger partial charge in [0.2, 0.25) is 5.91 Å². The van der Waals surface area contributed by atoms with Crippen LogP contribution in [0.15, 0.2) is 24.4 Å². The second-order valence-corrected chi connectivity index (χ2v) is 5.75. The average molecular weight is 315 g/mol. The molecule has 2 aromatic heterocycles. The van der Waals surface area contributed by atoms with E-state index in [1.807, 2.05) is 32.0 Å². The van der Waals surface area contributed by atoms with E-state index in [0.717, 1.165) is 49.4 Å². The third-order valence-corrected chi connectivity index (χ3v) is 3.62. The highest BCUT2D eigenvalue weighted by molar-refractivity contribution is 5.90. The van der Waals surface area contributed by atoms with E-state index in [-0.39, 0.29) is 5.91 Å². The number of nitrogens with two attached hydrogens (primary N) is 1. The lowest BCUT2D eigenvalue weighted by atomic mass is 10.1. The summed E-state index contributed by atoms with van der Waals surface area (Å²) in [6.45, 7) is 4.66. The molecule has 0 unspecified atom stereocenters. The minimum absolute atomic E-state index is 0.0263. The summed E-state index contributed by atoms with van der Waals surface area (Å²) in [4.78, 5) is 16.2. The largest absolute Gasteiger partial charge is 0.330 e. The van der Waals surface area contributed by atoms with E-state index < -0.39 is 0 Å². The first-order valence-electron chi connectivity index (χ1n) is 8.10. The van der Waals surface area contributed by atoms with Crippen LogP contribution in [0.4, 0.5) is 5.69 Å². The number of carbonyl (C=O) groups excluding carboxylic acids is 1. The van der Waals surface area contributed by atoms with Crippen LogP contribution in [0.3, 0.4) is 0 Å². The molecule has 1 amide bonds. The van der Waals surface area contributed by atoms with Gasteiger partial charge in [0.1, 0.15) is 0 Å². The smallest absolute Gasteiger partial charge is 0.224 e. The monoisotopic (exact) mass is 315 g/mol. The summed E-state index contributed by atoms with van der Waals surface area (Å²) >= 11 is 0. The Morgan fingerprint density at radius 2 is 2.00 bits per heavy atom. The Labute approximate surface area is 137 Å². The molecule has 23 heavy (non-hydrogen) atoms. The summed E-state index contributed by atoms with van der Waals surface area (Å²) in [5.41, 5.74) is 8.14. The Balaban J connectivity index is 1.85. The molecular weight excluding hydrogens is 290 g/mol. The van der Waals surface area contributed by atoms with Crippen LogP contribution < -0.4 is 11.1 Å². The SMILES string of the molecule is Cc1cc(C)n(-c2ccc(NC(=O)CCCCCCN)cn2)n1. The normalized spacial score (nSPS) is 10.7. The lowest BCUT2D eigenvalue weighted by molar-refractivity contribution is -0.116. The molecule has 3 N–H and O–H groups in total. The Hall–Kier alpha value is -2.21. The number of nitrogens with one attached hydrogen (secondary N) is 1. The van der Waals surface area contributed by atoms with Gasteiger partial charge in [-0.3, -0.25) is 4.79 Å². The molecule has 0 spiro atoms. The number of unbranched alkanes of at least 4 members (excludes halogenated alkanes) is 3. The molecule has 124 valence electrons. The molecule has 2 heterocycles.